The Morgan fingerprint density at radius 1 is 1.17 bits per heavy atom. The fourth-order valence-electron chi connectivity index (χ4n) is 3.95. The largest absolute Gasteiger partial charge is 0.365 e. The summed E-state index contributed by atoms with van der Waals surface area (Å²) in [4.78, 5) is 26.1. The number of hydrogen-bond acceptors (Lipinski definition) is 6. The first-order valence-corrected chi connectivity index (χ1v) is 12.8. The number of nitrogens with zero attached hydrogens (tertiary/aromatic N) is 1. The van der Waals surface area contributed by atoms with Crippen LogP contribution in [0.25, 0.3) is 0 Å². The van der Waals surface area contributed by atoms with Gasteiger partial charge in [-0.15, -0.1) is 22.7 Å². The van der Waals surface area contributed by atoms with Crippen molar-refractivity contribution in [3.8, 4) is 0 Å². The molecule has 0 spiro atoms. The Morgan fingerprint density at radius 2 is 1.93 bits per heavy atom. The number of amides is 2. The van der Waals surface area contributed by atoms with Crippen LogP contribution in [-0.4, -0.2) is 37.1 Å². The molecular formula is C18H20ClN3O4S3. The Balaban J connectivity index is 1.60. The van der Waals surface area contributed by atoms with Crippen molar-refractivity contribution in [2.24, 2.45) is 5.73 Å². The number of carbonyl (C=O) groups excluding carboxylic acids is 2. The van der Waals surface area contributed by atoms with Crippen LogP contribution in [0.1, 0.15) is 46.5 Å². The van der Waals surface area contributed by atoms with Gasteiger partial charge in [0, 0.05) is 11.4 Å². The number of hydrogen-bond donors (Lipinski definition) is 2. The first kappa shape index (κ1) is 20.8. The summed E-state index contributed by atoms with van der Waals surface area (Å²) in [6.07, 6.45) is 4.65. The lowest BCUT2D eigenvalue weighted by Crippen LogP contribution is -2.43. The minimum absolute atomic E-state index is 0.117. The van der Waals surface area contributed by atoms with Crippen LogP contribution >= 0.6 is 34.3 Å². The van der Waals surface area contributed by atoms with Gasteiger partial charge in [0.15, 0.2) is 0 Å². The second-order valence-corrected chi connectivity index (χ2v) is 12.0. The number of primary amides is 1. The highest BCUT2D eigenvalue weighted by molar-refractivity contribution is 7.91. The summed E-state index contributed by atoms with van der Waals surface area (Å²) < 4.78 is 27.7. The Hall–Kier alpha value is -1.46. The van der Waals surface area contributed by atoms with Gasteiger partial charge >= 0.3 is 0 Å². The number of thiophene rings is 2. The van der Waals surface area contributed by atoms with Crippen LogP contribution < -0.4 is 11.1 Å². The molecule has 0 bridgehead atoms. The van der Waals surface area contributed by atoms with Gasteiger partial charge in [0.05, 0.1) is 9.90 Å². The van der Waals surface area contributed by atoms with E-state index in [4.69, 9.17) is 17.3 Å². The maximum Gasteiger partial charge on any atom is 0.253 e. The molecule has 3 heterocycles. The normalized spacial score (nSPS) is 19.8. The fraction of sp³-hybridized carbons (Fsp3) is 0.444. The fourth-order valence-corrected chi connectivity index (χ4v) is 8.52. The number of nitrogens with two attached hydrogens (primary N) is 1. The van der Waals surface area contributed by atoms with E-state index in [1.54, 1.807) is 0 Å². The predicted molar refractivity (Wildman–Crippen MR) is 114 cm³/mol. The molecule has 0 saturated carbocycles. The van der Waals surface area contributed by atoms with Gasteiger partial charge in [-0.05, 0) is 56.2 Å². The molecule has 2 aromatic heterocycles. The van der Waals surface area contributed by atoms with Crippen molar-refractivity contribution in [3.05, 3.63) is 32.5 Å². The number of halogens is 1. The summed E-state index contributed by atoms with van der Waals surface area (Å²) in [6, 6.07) is 2.15. The molecule has 0 radical (unpaired) electrons. The zero-order chi connectivity index (χ0) is 20.8. The maximum atomic E-state index is 13.0. The van der Waals surface area contributed by atoms with E-state index in [0.717, 1.165) is 47.5 Å². The van der Waals surface area contributed by atoms with E-state index >= 15 is 0 Å². The van der Waals surface area contributed by atoms with Crippen LogP contribution in [0.15, 0.2) is 16.3 Å². The van der Waals surface area contributed by atoms with Crippen LogP contribution in [-0.2, 0) is 27.7 Å². The summed E-state index contributed by atoms with van der Waals surface area (Å²) in [5, 5.41) is 3.23. The minimum atomic E-state index is -3.81. The van der Waals surface area contributed by atoms with Crippen LogP contribution in [0.2, 0.25) is 4.34 Å². The molecule has 29 heavy (non-hydrogen) atoms. The number of sulfonamides is 1. The molecule has 1 fully saturated rings. The van der Waals surface area contributed by atoms with Crippen molar-refractivity contribution in [2.75, 3.05) is 11.9 Å². The molecule has 2 amide bonds. The van der Waals surface area contributed by atoms with E-state index in [1.807, 2.05) is 0 Å². The summed E-state index contributed by atoms with van der Waals surface area (Å²) in [5.41, 5.74) is 6.88. The molecule has 0 unspecified atom stereocenters. The van der Waals surface area contributed by atoms with Gasteiger partial charge in [-0.2, -0.15) is 4.31 Å². The van der Waals surface area contributed by atoms with Gasteiger partial charge in [-0.25, -0.2) is 8.42 Å². The Labute approximate surface area is 181 Å². The molecule has 2 aromatic rings. The van der Waals surface area contributed by atoms with E-state index in [9.17, 15) is 18.0 Å². The first-order valence-electron chi connectivity index (χ1n) is 9.31. The molecule has 7 nitrogen and oxygen atoms in total. The van der Waals surface area contributed by atoms with Crippen molar-refractivity contribution in [1.82, 2.24) is 4.31 Å². The molecule has 0 aromatic carbocycles. The van der Waals surface area contributed by atoms with Gasteiger partial charge in [0.2, 0.25) is 5.91 Å². The summed E-state index contributed by atoms with van der Waals surface area (Å²) in [7, 11) is -3.81. The standard InChI is InChI=1S/C18H20ClN3O4S3/c19-13-7-8-14(28-13)29(25,26)22-9-3-5-11(22)17(24)21-18-15(16(20)23)10-4-1-2-6-12(10)27-18/h7-8,11H,1-6,9H2,(H2,20,23)(H,21,24)/t11-/m1/s1. The molecule has 1 aliphatic heterocycles. The molecule has 11 heteroatoms. The van der Waals surface area contributed by atoms with Gasteiger partial charge in [0.1, 0.15) is 15.3 Å². The van der Waals surface area contributed by atoms with Gasteiger partial charge in [0.25, 0.3) is 15.9 Å². The Morgan fingerprint density at radius 3 is 2.62 bits per heavy atom. The minimum Gasteiger partial charge on any atom is -0.365 e. The van der Waals surface area contributed by atoms with Crippen LogP contribution in [0.3, 0.4) is 0 Å². The number of aryl methyl sites for hydroxylation is 1. The molecule has 156 valence electrons. The topological polar surface area (TPSA) is 110 Å². The number of fused-ring (bicyclic) bond motifs is 1. The molecule has 2 aliphatic rings. The van der Waals surface area contributed by atoms with E-state index in [-0.39, 0.29) is 10.8 Å². The van der Waals surface area contributed by atoms with E-state index in [1.165, 1.54) is 27.8 Å². The zero-order valence-corrected chi connectivity index (χ0v) is 18.6. The van der Waals surface area contributed by atoms with E-state index < -0.39 is 27.9 Å². The third-order valence-corrected chi connectivity index (χ3v) is 10.1. The second kappa shape index (κ2) is 7.99. The zero-order valence-electron chi connectivity index (χ0n) is 15.4. The number of carbonyl (C=O) groups is 2. The lowest BCUT2D eigenvalue weighted by Gasteiger charge is -2.22. The average Bonchev–Trinajstić information content (AvgIpc) is 3.39. The second-order valence-electron chi connectivity index (χ2n) is 7.10. The van der Waals surface area contributed by atoms with Crippen LogP contribution in [0.5, 0.6) is 0 Å². The van der Waals surface area contributed by atoms with Crippen LogP contribution in [0.4, 0.5) is 5.00 Å². The third kappa shape index (κ3) is 3.84. The molecule has 1 aliphatic carbocycles. The summed E-state index contributed by atoms with van der Waals surface area (Å²) in [5.74, 6) is -1.00. The number of anilines is 1. The smallest absolute Gasteiger partial charge is 0.253 e. The van der Waals surface area contributed by atoms with Gasteiger partial charge < -0.3 is 11.1 Å². The molecule has 4 rings (SSSR count). The highest BCUT2D eigenvalue weighted by Crippen LogP contribution is 2.39. The monoisotopic (exact) mass is 473 g/mol. The third-order valence-electron chi connectivity index (χ3n) is 5.27. The number of nitrogens with one attached hydrogen (secondary N) is 1. The molecule has 1 saturated heterocycles. The Bertz CT molecular complexity index is 1080. The lowest BCUT2D eigenvalue weighted by molar-refractivity contribution is -0.119. The predicted octanol–water partition coefficient (Wildman–Crippen LogP) is 3.23. The Kier molecular flexibility index (Phi) is 5.73. The molecule has 3 N–H and O–H groups in total. The van der Waals surface area contributed by atoms with Crippen molar-refractivity contribution in [2.45, 2.75) is 48.8 Å². The molecular weight excluding hydrogens is 454 g/mol. The first-order chi connectivity index (χ1) is 13.8. The maximum absolute atomic E-state index is 13.0. The van der Waals surface area contributed by atoms with Gasteiger partial charge in [-0.1, -0.05) is 11.6 Å². The quantitative estimate of drug-likeness (QED) is 0.694. The van der Waals surface area contributed by atoms with E-state index in [0.29, 0.717) is 27.7 Å². The van der Waals surface area contributed by atoms with Crippen LogP contribution in [0, 0.1) is 0 Å². The van der Waals surface area contributed by atoms with Gasteiger partial charge in [-0.3, -0.25) is 9.59 Å². The van der Waals surface area contributed by atoms with Crippen molar-refractivity contribution >= 4 is 61.1 Å². The van der Waals surface area contributed by atoms with E-state index in [2.05, 4.69) is 5.32 Å². The summed E-state index contributed by atoms with van der Waals surface area (Å²) >= 11 is 8.23. The molecule has 1 atom stereocenters. The average molecular weight is 474 g/mol. The van der Waals surface area contributed by atoms with Crippen molar-refractivity contribution in [1.29, 1.82) is 0 Å². The highest BCUT2D eigenvalue weighted by Gasteiger charge is 2.40. The number of rotatable bonds is 5. The lowest BCUT2D eigenvalue weighted by atomic mass is 9.95. The SMILES string of the molecule is NC(=O)c1c(NC(=O)[C@H]2CCCN2S(=O)(=O)c2ccc(Cl)s2)sc2c1CCCC2. The van der Waals surface area contributed by atoms with Crippen molar-refractivity contribution in [3.63, 3.8) is 0 Å². The summed E-state index contributed by atoms with van der Waals surface area (Å²) in [6.45, 7) is 0.263. The highest BCUT2D eigenvalue weighted by atomic mass is 35.5. The van der Waals surface area contributed by atoms with Crippen molar-refractivity contribution < 1.29 is 18.0 Å².